The molecule has 0 aromatic heterocycles. The first-order valence-corrected chi connectivity index (χ1v) is 5.89. The number of aliphatic carboxylic acids is 1. The zero-order valence-electron chi connectivity index (χ0n) is 10.6. The summed E-state index contributed by atoms with van der Waals surface area (Å²) in [6, 6.07) is -0.163. The molecule has 5 heteroatoms. The van der Waals surface area contributed by atoms with Gasteiger partial charge in [0.05, 0.1) is 5.92 Å². The third-order valence-electron chi connectivity index (χ3n) is 2.41. The van der Waals surface area contributed by atoms with Crippen LogP contribution in [0.3, 0.4) is 0 Å². The van der Waals surface area contributed by atoms with Crippen LogP contribution in [0.25, 0.3) is 0 Å². The summed E-state index contributed by atoms with van der Waals surface area (Å²) in [5, 5.41) is 11.4. The molecule has 1 unspecified atom stereocenters. The van der Waals surface area contributed by atoms with Gasteiger partial charge < -0.3 is 15.3 Å². The van der Waals surface area contributed by atoms with E-state index in [0.29, 0.717) is 26.1 Å². The SMILES string of the molecule is C=CCN(CCC)C(=O)NCCC(C)C(=O)O. The molecule has 0 saturated heterocycles. The van der Waals surface area contributed by atoms with Crippen LogP contribution in [0, 0.1) is 5.92 Å². The molecule has 0 aromatic carbocycles. The van der Waals surface area contributed by atoms with Crippen molar-refractivity contribution in [3.8, 4) is 0 Å². The van der Waals surface area contributed by atoms with E-state index < -0.39 is 11.9 Å². The fourth-order valence-corrected chi connectivity index (χ4v) is 1.33. The second-order valence-corrected chi connectivity index (χ2v) is 3.99. The van der Waals surface area contributed by atoms with Gasteiger partial charge >= 0.3 is 12.0 Å². The highest BCUT2D eigenvalue weighted by molar-refractivity contribution is 5.74. The average Bonchev–Trinajstić information content (AvgIpc) is 2.28. The Morgan fingerprint density at radius 3 is 2.65 bits per heavy atom. The molecule has 0 rings (SSSR count). The Morgan fingerprint density at radius 1 is 1.53 bits per heavy atom. The van der Waals surface area contributed by atoms with Crippen molar-refractivity contribution in [2.45, 2.75) is 26.7 Å². The van der Waals surface area contributed by atoms with Crippen molar-refractivity contribution >= 4 is 12.0 Å². The standard InChI is InChI=1S/C12H22N2O3/c1-4-8-14(9-5-2)12(17)13-7-6-10(3)11(15)16/h4,10H,1,5-9H2,2-3H3,(H,13,17)(H,15,16). The van der Waals surface area contributed by atoms with Gasteiger partial charge in [0.25, 0.3) is 0 Å². The molecule has 0 aliphatic carbocycles. The molecule has 0 radical (unpaired) electrons. The minimum Gasteiger partial charge on any atom is -0.481 e. The zero-order chi connectivity index (χ0) is 13.3. The monoisotopic (exact) mass is 242 g/mol. The molecular weight excluding hydrogens is 220 g/mol. The van der Waals surface area contributed by atoms with Crippen LogP contribution in [0.5, 0.6) is 0 Å². The van der Waals surface area contributed by atoms with Crippen molar-refractivity contribution < 1.29 is 14.7 Å². The maximum atomic E-state index is 11.7. The van der Waals surface area contributed by atoms with E-state index in [1.54, 1.807) is 17.9 Å². The van der Waals surface area contributed by atoms with Gasteiger partial charge in [-0.15, -0.1) is 6.58 Å². The first kappa shape index (κ1) is 15.5. The summed E-state index contributed by atoms with van der Waals surface area (Å²) >= 11 is 0. The van der Waals surface area contributed by atoms with Gasteiger partial charge in [-0.25, -0.2) is 4.79 Å². The Labute approximate surface area is 102 Å². The van der Waals surface area contributed by atoms with Crippen LogP contribution >= 0.6 is 0 Å². The molecule has 1 atom stereocenters. The second-order valence-electron chi connectivity index (χ2n) is 3.99. The Hall–Kier alpha value is -1.52. The number of carbonyl (C=O) groups is 2. The van der Waals surface area contributed by atoms with E-state index in [2.05, 4.69) is 11.9 Å². The van der Waals surface area contributed by atoms with Crippen LogP contribution in [0.15, 0.2) is 12.7 Å². The molecule has 0 aliphatic rings. The summed E-state index contributed by atoms with van der Waals surface area (Å²) in [7, 11) is 0. The van der Waals surface area contributed by atoms with Gasteiger partial charge in [0.2, 0.25) is 0 Å². The lowest BCUT2D eigenvalue weighted by Gasteiger charge is -2.21. The van der Waals surface area contributed by atoms with E-state index in [9.17, 15) is 9.59 Å². The van der Waals surface area contributed by atoms with Gasteiger partial charge in [0, 0.05) is 19.6 Å². The highest BCUT2D eigenvalue weighted by Crippen LogP contribution is 2.00. The number of carbonyl (C=O) groups excluding carboxylic acids is 1. The summed E-state index contributed by atoms with van der Waals surface area (Å²) in [6.07, 6.45) is 3.00. The van der Waals surface area contributed by atoms with Crippen molar-refractivity contribution in [1.82, 2.24) is 10.2 Å². The lowest BCUT2D eigenvalue weighted by molar-refractivity contribution is -0.141. The van der Waals surface area contributed by atoms with Gasteiger partial charge in [0.1, 0.15) is 0 Å². The zero-order valence-corrected chi connectivity index (χ0v) is 10.6. The quantitative estimate of drug-likeness (QED) is 0.636. The van der Waals surface area contributed by atoms with E-state index >= 15 is 0 Å². The number of hydrogen-bond acceptors (Lipinski definition) is 2. The Morgan fingerprint density at radius 2 is 2.18 bits per heavy atom. The van der Waals surface area contributed by atoms with Crippen LogP contribution < -0.4 is 5.32 Å². The van der Waals surface area contributed by atoms with Crippen LogP contribution in [-0.4, -0.2) is 41.6 Å². The number of amides is 2. The van der Waals surface area contributed by atoms with Gasteiger partial charge in [-0.2, -0.15) is 0 Å². The summed E-state index contributed by atoms with van der Waals surface area (Å²) in [5.74, 6) is -1.27. The molecule has 0 saturated carbocycles. The number of hydrogen-bond donors (Lipinski definition) is 2. The van der Waals surface area contributed by atoms with Crippen LogP contribution in [0.4, 0.5) is 4.79 Å². The summed E-state index contributed by atoms with van der Waals surface area (Å²) < 4.78 is 0. The lowest BCUT2D eigenvalue weighted by atomic mass is 10.1. The Kier molecular flexibility index (Phi) is 7.84. The number of nitrogens with one attached hydrogen (secondary N) is 1. The van der Waals surface area contributed by atoms with E-state index in [1.165, 1.54) is 0 Å². The van der Waals surface area contributed by atoms with Gasteiger partial charge in [0.15, 0.2) is 0 Å². The van der Waals surface area contributed by atoms with Crippen LogP contribution in [-0.2, 0) is 4.79 Å². The van der Waals surface area contributed by atoms with Gasteiger partial charge in [-0.05, 0) is 12.8 Å². The third-order valence-corrected chi connectivity index (χ3v) is 2.41. The van der Waals surface area contributed by atoms with E-state index in [4.69, 9.17) is 5.11 Å². The lowest BCUT2D eigenvalue weighted by Crippen LogP contribution is -2.41. The van der Waals surface area contributed by atoms with Crippen molar-refractivity contribution in [3.05, 3.63) is 12.7 Å². The van der Waals surface area contributed by atoms with E-state index in [1.807, 2.05) is 6.92 Å². The molecule has 2 N–H and O–H groups in total. The number of rotatable bonds is 8. The summed E-state index contributed by atoms with van der Waals surface area (Å²) in [4.78, 5) is 23.9. The van der Waals surface area contributed by atoms with Gasteiger partial charge in [-0.3, -0.25) is 4.79 Å². The van der Waals surface area contributed by atoms with Crippen molar-refractivity contribution in [1.29, 1.82) is 0 Å². The molecule has 5 nitrogen and oxygen atoms in total. The highest BCUT2D eigenvalue weighted by atomic mass is 16.4. The minimum atomic E-state index is -0.837. The maximum Gasteiger partial charge on any atom is 0.317 e. The number of carboxylic acids is 1. The molecular formula is C12H22N2O3. The largest absolute Gasteiger partial charge is 0.481 e. The number of carboxylic acid groups (broad SMARTS) is 1. The summed E-state index contributed by atoms with van der Waals surface area (Å²) in [5.41, 5.74) is 0. The second kappa shape index (κ2) is 8.61. The third kappa shape index (κ3) is 6.60. The van der Waals surface area contributed by atoms with Crippen molar-refractivity contribution in [2.24, 2.45) is 5.92 Å². The van der Waals surface area contributed by atoms with Crippen molar-refractivity contribution in [3.63, 3.8) is 0 Å². The Balaban J connectivity index is 3.96. The maximum absolute atomic E-state index is 11.7. The number of urea groups is 1. The molecule has 0 fully saturated rings. The first-order chi connectivity index (χ1) is 8.02. The van der Waals surface area contributed by atoms with Crippen molar-refractivity contribution in [2.75, 3.05) is 19.6 Å². The van der Waals surface area contributed by atoms with Gasteiger partial charge in [-0.1, -0.05) is 19.9 Å². The fourth-order valence-electron chi connectivity index (χ4n) is 1.33. The normalized spacial score (nSPS) is 11.6. The molecule has 98 valence electrons. The van der Waals surface area contributed by atoms with Crippen LogP contribution in [0.2, 0.25) is 0 Å². The molecule has 0 aromatic rings. The summed E-state index contributed by atoms with van der Waals surface area (Å²) in [6.45, 7) is 8.78. The van der Waals surface area contributed by atoms with E-state index in [0.717, 1.165) is 6.42 Å². The molecule has 0 bridgehead atoms. The fraction of sp³-hybridized carbons (Fsp3) is 0.667. The Bertz CT molecular complexity index is 266. The first-order valence-electron chi connectivity index (χ1n) is 5.89. The van der Waals surface area contributed by atoms with E-state index in [-0.39, 0.29) is 6.03 Å². The predicted molar refractivity (Wildman–Crippen MR) is 66.9 cm³/mol. The number of nitrogens with zero attached hydrogens (tertiary/aromatic N) is 1. The minimum absolute atomic E-state index is 0.163. The average molecular weight is 242 g/mol. The predicted octanol–water partition coefficient (Wildman–Crippen LogP) is 1.70. The molecule has 0 heterocycles. The smallest absolute Gasteiger partial charge is 0.317 e. The molecule has 17 heavy (non-hydrogen) atoms. The topological polar surface area (TPSA) is 69.6 Å². The van der Waals surface area contributed by atoms with Crippen LogP contribution in [0.1, 0.15) is 26.7 Å². The molecule has 0 aliphatic heterocycles. The molecule has 2 amide bonds. The molecule has 0 spiro atoms. The highest BCUT2D eigenvalue weighted by Gasteiger charge is 2.13.